The number of carbonyl (C=O) groups excluding carboxylic acids is 2. The topological polar surface area (TPSA) is 137 Å². The highest BCUT2D eigenvalue weighted by atomic mass is 32.2. The molecule has 0 radical (unpaired) electrons. The van der Waals surface area contributed by atoms with Crippen molar-refractivity contribution in [1.29, 1.82) is 0 Å². The molecule has 3 rings (SSSR count). The number of carbonyl (C=O) groups is 2. The predicted octanol–water partition coefficient (Wildman–Crippen LogP) is 2.86. The van der Waals surface area contributed by atoms with Crippen molar-refractivity contribution in [2.75, 3.05) is 24.3 Å². The molecule has 3 aromatic carbocycles. The van der Waals surface area contributed by atoms with Gasteiger partial charge in [-0.3, -0.25) is 14.3 Å². The number of anilines is 2. The number of rotatable bonds is 8. The molecule has 32 heavy (non-hydrogen) atoms. The molecular weight excluding hydrogens is 434 g/mol. The zero-order valence-electron chi connectivity index (χ0n) is 17.3. The Balaban J connectivity index is 1.87. The van der Waals surface area contributed by atoms with Gasteiger partial charge in [0, 0.05) is 11.6 Å². The minimum Gasteiger partial charge on any atom is -0.497 e. The number of hydrogen-bond donors (Lipinski definition) is 3. The fraction of sp³-hybridized carbons (Fsp3) is 0.0909. The third kappa shape index (κ3) is 4.98. The average molecular weight is 455 g/mol. The molecule has 0 spiro atoms. The molecule has 2 amide bonds. The van der Waals surface area contributed by atoms with E-state index < -0.39 is 21.8 Å². The van der Waals surface area contributed by atoms with Gasteiger partial charge in [0.05, 0.1) is 36.1 Å². The first-order chi connectivity index (χ1) is 15.2. The molecule has 0 aliphatic heterocycles. The maximum Gasteiger partial charge on any atom is 0.261 e. The lowest BCUT2D eigenvalue weighted by Gasteiger charge is -2.15. The number of hydrogen-bond acceptors (Lipinski definition) is 6. The van der Waals surface area contributed by atoms with Gasteiger partial charge in [-0.2, -0.15) is 0 Å². The van der Waals surface area contributed by atoms with Crippen LogP contribution in [0.25, 0.3) is 0 Å². The number of para-hydroxylation sites is 1. The van der Waals surface area contributed by atoms with Crippen LogP contribution in [0.5, 0.6) is 11.5 Å². The summed E-state index contributed by atoms with van der Waals surface area (Å²) >= 11 is 0. The Morgan fingerprint density at radius 3 is 2.19 bits per heavy atom. The van der Waals surface area contributed by atoms with E-state index in [-0.39, 0.29) is 21.7 Å². The first kappa shape index (κ1) is 22.6. The first-order valence-corrected chi connectivity index (χ1v) is 10.8. The number of benzene rings is 3. The molecule has 4 N–H and O–H groups in total. The lowest BCUT2D eigenvalue weighted by molar-refractivity contribution is 0.0997. The highest BCUT2D eigenvalue weighted by Gasteiger charge is 2.20. The summed E-state index contributed by atoms with van der Waals surface area (Å²) < 4.78 is 38.4. The van der Waals surface area contributed by atoms with E-state index in [1.807, 2.05) is 0 Å². The summed E-state index contributed by atoms with van der Waals surface area (Å²) in [5, 5.41) is 2.71. The van der Waals surface area contributed by atoms with Crippen molar-refractivity contribution < 1.29 is 27.5 Å². The molecule has 0 fully saturated rings. The third-order valence-electron chi connectivity index (χ3n) is 4.52. The van der Waals surface area contributed by atoms with E-state index in [1.165, 1.54) is 50.6 Å². The van der Waals surface area contributed by atoms with Gasteiger partial charge in [0.2, 0.25) is 5.91 Å². The van der Waals surface area contributed by atoms with Crippen LogP contribution in [0.4, 0.5) is 11.4 Å². The number of primary amides is 1. The van der Waals surface area contributed by atoms with Crippen molar-refractivity contribution in [2.45, 2.75) is 4.90 Å². The van der Waals surface area contributed by atoms with E-state index in [2.05, 4.69) is 10.0 Å². The monoisotopic (exact) mass is 455 g/mol. The van der Waals surface area contributed by atoms with E-state index in [0.717, 1.165) is 0 Å². The summed E-state index contributed by atoms with van der Waals surface area (Å²) in [6.07, 6.45) is 0. The number of nitrogens with two attached hydrogens (primary N) is 1. The van der Waals surface area contributed by atoms with Crippen LogP contribution in [0.15, 0.2) is 71.6 Å². The Bertz CT molecular complexity index is 1260. The molecule has 0 unspecified atom stereocenters. The standard InChI is InChI=1S/C22H21N3O6S/c1-30-15-9-12-19(20(13-15)31-2)24-22(27)17-5-3-4-6-18(17)25-32(28,29)16-10-7-14(8-11-16)21(23)26/h3-13,25H,1-2H3,(H2,23,26)(H,24,27). The number of sulfonamides is 1. The Labute approximate surface area is 185 Å². The molecule has 0 aliphatic carbocycles. The van der Waals surface area contributed by atoms with Gasteiger partial charge in [0.25, 0.3) is 15.9 Å². The molecule has 0 bridgehead atoms. The van der Waals surface area contributed by atoms with Gasteiger partial charge in [0.15, 0.2) is 0 Å². The highest BCUT2D eigenvalue weighted by Crippen LogP contribution is 2.30. The molecule has 0 atom stereocenters. The normalized spacial score (nSPS) is 10.8. The van der Waals surface area contributed by atoms with Crippen LogP contribution in [0, 0.1) is 0 Å². The van der Waals surface area contributed by atoms with Crippen molar-refractivity contribution >= 4 is 33.2 Å². The van der Waals surface area contributed by atoms with Gasteiger partial charge >= 0.3 is 0 Å². The Hall–Kier alpha value is -4.05. The highest BCUT2D eigenvalue weighted by molar-refractivity contribution is 7.92. The van der Waals surface area contributed by atoms with Crippen molar-refractivity contribution in [1.82, 2.24) is 0 Å². The maximum atomic E-state index is 12.9. The summed E-state index contributed by atoms with van der Waals surface area (Å²) in [7, 11) is -1.06. The van der Waals surface area contributed by atoms with Crippen LogP contribution in [0.3, 0.4) is 0 Å². The molecular formula is C22H21N3O6S. The van der Waals surface area contributed by atoms with Crippen molar-refractivity contribution in [2.24, 2.45) is 5.73 Å². The van der Waals surface area contributed by atoms with Gasteiger partial charge in [-0.05, 0) is 48.5 Å². The largest absolute Gasteiger partial charge is 0.497 e. The summed E-state index contributed by atoms with van der Waals surface area (Å²) in [4.78, 5) is 24.0. The minimum absolute atomic E-state index is 0.0801. The van der Waals surface area contributed by atoms with Crippen molar-refractivity contribution in [3.05, 3.63) is 77.9 Å². The molecule has 9 nitrogen and oxygen atoms in total. The minimum atomic E-state index is -4.03. The molecule has 3 aromatic rings. The molecule has 0 saturated heterocycles. The van der Waals surface area contributed by atoms with Gasteiger partial charge in [0.1, 0.15) is 11.5 Å². The van der Waals surface area contributed by atoms with Gasteiger partial charge < -0.3 is 20.5 Å². The second kappa shape index (κ2) is 9.40. The Kier molecular flexibility index (Phi) is 6.64. The Morgan fingerprint density at radius 1 is 0.875 bits per heavy atom. The zero-order valence-corrected chi connectivity index (χ0v) is 18.1. The molecule has 166 valence electrons. The van der Waals surface area contributed by atoms with E-state index in [4.69, 9.17) is 15.2 Å². The van der Waals surface area contributed by atoms with Crippen LogP contribution in [0.1, 0.15) is 20.7 Å². The van der Waals surface area contributed by atoms with E-state index in [1.54, 1.807) is 30.3 Å². The number of nitrogens with one attached hydrogen (secondary N) is 2. The Morgan fingerprint density at radius 2 is 1.56 bits per heavy atom. The van der Waals surface area contributed by atoms with Crippen LogP contribution in [0.2, 0.25) is 0 Å². The summed E-state index contributed by atoms with van der Waals surface area (Å²) in [6, 6.07) is 16.2. The van der Waals surface area contributed by atoms with E-state index in [9.17, 15) is 18.0 Å². The van der Waals surface area contributed by atoms with E-state index in [0.29, 0.717) is 17.2 Å². The average Bonchev–Trinajstić information content (AvgIpc) is 2.79. The van der Waals surface area contributed by atoms with Gasteiger partial charge in [-0.15, -0.1) is 0 Å². The maximum absolute atomic E-state index is 12.9. The number of ether oxygens (including phenoxy) is 2. The summed E-state index contributed by atoms with van der Waals surface area (Å²) in [5.74, 6) is -0.283. The fourth-order valence-electron chi connectivity index (χ4n) is 2.86. The smallest absolute Gasteiger partial charge is 0.261 e. The van der Waals surface area contributed by atoms with Crippen LogP contribution in [-0.4, -0.2) is 34.5 Å². The molecule has 10 heteroatoms. The number of amides is 2. The third-order valence-corrected chi connectivity index (χ3v) is 5.90. The molecule has 0 heterocycles. The number of methoxy groups -OCH3 is 2. The second-order valence-corrected chi connectivity index (χ2v) is 8.24. The van der Waals surface area contributed by atoms with Gasteiger partial charge in [-0.25, -0.2) is 8.42 Å². The van der Waals surface area contributed by atoms with Gasteiger partial charge in [-0.1, -0.05) is 12.1 Å². The first-order valence-electron chi connectivity index (χ1n) is 9.30. The quantitative estimate of drug-likeness (QED) is 0.478. The van der Waals surface area contributed by atoms with Crippen LogP contribution >= 0.6 is 0 Å². The van der Waals surface area contributed by atoms with E-state index >= 15 is 0 Å². The lowest BCUT2D eigenvalue weighted by atomic mass is 10.1. The fourth-order valence-corrected chi connectivity index (χ4v) is 3.94. The lowest BCUT2D eigenvalue weighted by Crippen LogP contribution is -2.19. The SMILES string of the molecule is COc1ccc(NC(=O)c2ccccc2NS(=O)(=O)c2ccc(C(N)=O)cc2)c(OC)c1. The van der Waals surface area contributed by atoms with Crippen molar-refractivity contribution in [3.63, 3.8) is 0 Å². The summed E-state index contributed by atoms with van der Waals surface area (Å²) in [5.41, 5.74) is 5.93. The second-order valence-electron chi connectivity index (χ2n) is 6.56. The zero-order chi connectivity index (χ0) is 23.3. The summed E-state index contributed by atoms with van der Waals surface area (Å²) in [6.45, 7) is 0. The molecule has 0 aromatic heterocycles. The van der Waals surface area contributed by atoms with Crippen LogP contribution in [-0.2, 0) is 10.0 Å². The molecule has 0 saturated carbocycles. The molecule has 0 aliphatic rings. The van der Waals surface area contributed by atoms with Crippen molar-refractivity contribution in [3.8, 4) is 11.5 Å². The van der Waals surface area contributed by atoms with Crippen LogP contribution < -0.4 is 25.2 Å². The predicted molar refractivity (Wildman–Crippen MR) is 120 cm³/mol.